The normalized spacial score (nSPS) is 18.5. The quantitative estimate of drug-likeness (QED) is 0.153. The smallest absolute Gasteiger partial charge is 0.409 e. The lowest BCUT2D eigenvalue weighted by atomic mass is 9.69. The summed E-state index contributed by atoms with van der Waals surface area (Å²) in [7, 11) is 0. The molecule has 2 aromatic carbocycles. The second kappa shape index (κ2) is 12.0. The Morgan fingerprint density at radius 1 is 0.833 bits per heavy atom. The molecule has 0 fully saturated rings. The van der Waals surface area contributed by atoms with Crippen molar-refractivity contribution in [3.05, 3.63) is 116 Å². The largest absolute Gasteiger partial charge is 0.424 e. The van der Waals surface area contributed by atoms with Crippen LogP contribution in [0.1, 0.15) is 109 Å². The molecule has 0 N–H and O–H groups in total. The molecule has 3 aliphatic carbocycles. The van der Waals surface area contributed by atoms with Crippen LogP contribution in [0.25, 0.3) is 22.3 Å². The van der Waals surface area contributed by atoms with Gasteiger partial charge in [0, 0.05) is 17.1 Å². The van der Waals surface area contributed by atoms with E-state index in [2.05, 4.69) is 73.9 Å². The van der Waals surface area contributed by atoms with Gasteiger partial charge in [0.1, 0.15) is 5.76 Å². The third-order valence-electron chi connectivity index (χ3n) is 9.41. The van der Waals surface area contributed by atoms with E-state index in [1.165, 1.54) is 92.0 Å². The van der Waals surface area contributed by atoms with Gasteiger partial charge >= 0.3 is 11.2 Å². The Morgan fingerprint density at radius 2 is 1.57 bits per heavy atom. The van der Waals surface area contributed by atoms with E-state index < -0.39 is 5.79 Å². The average molecular weight is 558 g/mol. The van der Waals surface area contributed by atoms with Crippen molar-refractivity contribution in [1.29, 1.82) is 0 Å². The number of allylic oxidation sites excluding steroid dienone is 5. The van der Waals surface area contributed by atoms with Crippen molar-refractivity contribution in [2.45, 2.75) is 110 Å². The molecule has 0 unspecified atom stereocenters. The standard InChI is InChI=1S/C40H45O2/c1-5-7-9-15-25-40(26-16-10-8-6-2)35-19-13-11-17-31(35)32-23-21-30(28-36(32)40)29-22-24-38-34(27-29)33-18-12-14-20-37(33)41-39(3,4)42-38/h11,14,18-24,27-28H,5-10,15-17,25-26H2,1-4H3/q+1. The molecular weight excluding hydrogens is 512 g/mol. The van der Waals surface area contributed by atoms with Crippen LogP contribution in [0.3, 0.4) is 0 Å². The molecular formula is C40H45O2+. The lowest BCUT2D eigenvalue weighted by Gasteiger charge is -2.34. The van der Waals surface area contributed by atoms with Crippen LogP contribution in [0, 0.1) is 0 Å². The van der Waals surface area contributed by atoms with Crippen LogP contribution < -0.4 is 10.6 Å². The Hall–Kier alpha value is -3.57. The molecule has 0 spiro atoms. The van der Waals surface area contributed by atoms with Gasteiger partial charge in [-0.25, -0.2) is 4.42 Å². The van der Waals surface area contributed by atoms with Crippen molar-refractivity contribution < 1.29 is 4.74 Å². The van der Waals surface area contributed by atoms with Crippen LogP contribution in [-0.2, 0) is 10.2 Å². The summed E-state index contributed by atoms with van der Waals surface area (Å²) in [5.41, 5.74) is 17.3. The maximum Gasteiger partial charge on any atom is 0.424 e. The summed E-state index contributed by atoms with van der Waals surface area (Å²) < 4.78 is 12.6. The van der Waals surface area contributed by atoms with Crippen molar-refractivity contribution in [2.75, 3.05) is 0 Å². The lowest BCUT2D eigenvalue weighted by Crippen LogP contribution is -2.29. The number of fused-ring (bicyclic) bond motifs is 4. The maximum atomic E-state index is 6.36. The van der Waals surface area contributed by atoms with Gasteiger partial charge in [0.15, 0.2) is 0 Å². The molecule has 4 aliphatic rings. The first-order valence-electron chi connectivity index (χ1n) is 16.3. The van der Waals surface area contributed by atoms with Gasteiger partial charge < -0.3 is 4.74 Å². The fraction of sp³-hybridized carbons (Fsp3) is 0.425. The minimum Gasteiger partial charge on any atom is -0.409 e. The molecule has 42 heavy (non-hydrogen) atoms. The molecule has 0 atom stereocenters. The predicted molar refractivity (Wildman–Crippen MR) is 176 cm³/mol. The first-order valence-corrected chi connectivity index (χ1v) is 16.3. The first-order chi connectivity index (χ1) is 20.5. The third-order valence-corrected chi connectivity index (χ3v) is 9.41. The van der Waals surface area contributed by atoms with Crippen molar-refractivity contribution in [1.82, 2.24) is 0 Å². The summed E-state index contributed by atoms with van der Waals surface area (Å²) in [5, 5.41) is 1.06. The van der Waals surface area contributed by atoms with E-state index in [1.807, 2.05) is 32.1 Å². The molecule has 2 heteroatoms. The third kappa shape index (κ3) is 5.35. The first kappa shape index (κ1) is 28.5. The van der Waals surface area contributed by atoms with Gasteiger partial charge in [-0.15, -0.1) is 11.5 Å². The SMILES string of the molecule is CCCCCCC1(CCCCCC)C2=C(CC=C=C2)c2ccc(-c3ccc4c(c3)=C3C=C=CC=C3OC(C)(C)[O+]=4)cc21. The molecule has 2 nitrogen and oxygen atoms in total. The van der Waals surface area contributed by atoms with Crippen LogP contribution in [0.15, 0.2) is 94.0 Å². The van der Waals surface area contributed by atoms with Gasteiger partial charge in [0.25, 0.3) is 0 Å². The van der Waals surface area contributed by atoms with E-state index in [9.17, 15) is 0 Å². The molecule has 1 heterocycles. The minimum absolute atomic E-state index is 0.0810. The fourth-order valence-corrected chi connectivity index (χ4v) is 7.36. The van der Waals surface area contributed by atoms with Crippen molar-refractivity contribution in [3.63, 3.8) is 0 Å². The van der Waals surface area contributed by atoms with Crippen LogP contribution >= 0.6 is 0 Å². The van der Waals surface area contributed by atoms with Gasteiger partial charge in [-0.3, -0.25) is 0 Å². The lowest BCUT2D eigenvalue weighted by molar-refractivity contribution is 0.0795. The average Bonchev–Trinajstić information content (AvgIpc) is 3.19. The zero-order valence-electron chi connectivity index (χ0n) is 25.9. The zero-order chi connectivity index (χ0) is 29.2. The predicted octanol–water partition coefficient (Wildman–Crippen LogP) is 9.55. The Morgan fingerprint density at radius 3 is 2.33 bits per heavy atom. The van der Waals surface area contributed by atoms with Gasteiger partial charge in [0.05, 0.1) is 19.1 Å². The van der Waals surface area contributed by atoms with Crippen LogP contribution in [0.2, 0.25) is 0 Å². The van der Waals surface area contributed by atoms with E-state index in [0.29, 0.717) is 0 Å². The molecule has 0 saturated heterocycles. The number of rotatable bonds is 11. The summed E-state index contributed by atoms with van der Waals surface area (Å²) in [6.45, 7) is 8.55. The minimum atomic E-state index is -0.752. The number of hydrogen-bond acceptors (Lipinski definition) is 1. The summed E-state index contributed by atoms with van der Waals surface area (Å²) in [5.74, 6) is 0.0793. The molecule has 216 valence electrons. The molecule has 6 rings (SSSR count). The molecule has 0 amide bonds. The Kier molecular flexibility index (Phi) is 8.13. The summed E-state index contributed by atoms with van der Waals surface area (Å²) >= 11 is 0. The monoisotopic (exact) mass is 557 g/mol. The molecule has 0 radical (unpaired) electrons. The van der Waals surface area contributed by atoms with E-state index in [4.69, 9.17) is 9.16 Å². The van der Waals surface area contributed by atoms with Gasteiger partial charge in [0.2, 0.25) is 0 Å². The van der Waals surface area contributed by atoms with E-state index in [0.717, 1.165) is 28.4 Å². The summed E-state index contributed by atoms with van der Waals surface area (Å²) in [6.07, 6.45) is 24.2. The number of ether oxygens (including phenoxy) is 1. The Balaban J connectivity index is 1.48. The highest BCUT2D eigenvalue weighted by molar-refractivity contribution is 5.86. The Labute approximate surface area is 251 Å². The highest BCUT2D eigenvalue weighted by Gasteiger charge is 2.43. The number of benzene rings is 2. The molecule has 0 saturated carbocycles. The topological polar surface area (TPSA) is 20.5 Å². The van der Waals surface area contributed by atoms with Crippen LogP contribution in [0.4, 0.5) is 0 Å². The summed E-state index contributed by atoms with van der Waals surface area (Å²) in [4.78, 5) is 0. The van der Waals surface area contributed by atoms with Gasteiger partial charge in [-0.1, -0.05) is 77.3 Å². The van der Waals surface area contributed by atoms with Crippen LogP contribution in [-0.4, -0.2) is 5.79 Å². The highest BCUT2D eigenvalue weighted by Crippen LogP contribution is 2.55. The zero-order valence-corrected chi connectivity index (χ0v) is 25.9. The van der Waals surface area contributed by atoms with E-state index in [1.54, 1.807) is 5.57 Å². The van der Waals surface area contributed by atoms with Crippen molar-refractivity contribution in [3.8, 4) is 11.1 Å². The van der Waals surface area contributed by atoms with Gasteiger partial charge in [-0.2, -0.15) is 0 Å². The van der Waals surface area contributed by atoms with Gasteiger partial charge in [-0.05, 0) is 101 Å². The molecule has 0 bridgehead atoms. The second-order valence-corrected chi connectivity index (χ2v) is 12.8. The molecule has 1 aliphatic heterocycles. The van der Waals surface area contributed by atoms with E-state index >= 15 is 0 Å². The van der Waals surface area contributed by atoms with Crippen molar-refractivity contribution >= 4 is 11.1 Å². The Bertz CT molecular complexity index is 1680. The maximum absolute atomic E-state index is 6.36. The number of hydrogen-bond donors (Lipinski definition) is 0. The molecule has 0 aromatic heterocycles. The highest BCUT2D eigenvalue weighted by atomic mass is 16.7. The second-order valence-electron chi connectivity index (χ2n) is 12.8. The van der Waals surface area contributed by atoms with E-state index in [-0.39, 0.29) is 5.41 Å². The van der Waals surface area contributed by atoms with Crippen molar-refractivity contribution in [2.24, 2.45) is 0 Å². The summed E-state index contributed by atoms with van der Waals surface area (Å²) in [6, 6.07) is 13.9. The fourth-order valence-electron chi connectivity index (χ4n) is 7.36. The van der Waals surface area contributed by atoms with Crippen LogP contribution in [0.5, 0.6) is 0 Å². The molecule has 2 aromatic rings. The number of unbranched alkanes of at least 4 members (excludes halogenated alkanes) is 6.